The first-order valence-corrected chi connectivity index (χ1v) is 6.48. The molecule has 2 amide bonds. The lowest BCUT2D eigenvalue weighted by molar-refractivity contribution is -0.138. The van der Waals surface area contributed by atoms with Crippen LogP contribution in [-0.4, -0.2) is 50.1 Å². The number of rotatable bonds is 4. The van der Waals surface area contributed by atoms with Crippen LogP contribution >= 0.6 is 0 Å². The van der Waals surface area contributed by atoms with Gasteiger partial charge in [0.15, 0.2) is 0 Å². The molecule has 1 fully saturated rings. The smallest absolute Gasteiger partial charge is 0.233 e. The van der Waals surface area contributed by atoms with E-state index in [0.29, 0.717) is 37.7 Å². The van der Waals surface area contributed by atoms with Gasteiger partial charge in [0.1, 0.15) is 12.2 Å². The number of nitrogens with zero attached hydrogens (tertiary/aromatic N) is 1. The third-order valence-electron chi connectivity index (χ3n) is 3.03. The van der Waals surface area contributed by atoms with Crippen LogP contribution in [0.2, 0.25) is 0 Å². The van der Waals surface area contributed by atoms with Crippen LogP contribution < -0.4 is 10.1 Å². The van der Waals surface area contributed by atoms with Gasteiger partial charge in [-0.15, -0.1) is 0 Å². The molecular formula is C14H18N2O4. The minimum atomic E-state index is -0.324. The van der Waals surface area contributed by atoms with Crippen LogP contribution in [0.4, 0.5) is 5.69 Å². The van der Waals surface area contributed by atoms with Crippen molar-refractivity contribution >= 4 is 17.5 Å². The van der Waals surface area contributed by atoms with Crippen LogP contribution in [0.5, 0.6) is 5.75 Å². The van der Waals surface area contributed by atoms with Gasteiger partial charge in [-0.25, -0.2) is 0 Å². The molecule has 20 heavy (non-hydrogen) atoms. The lowest BCUT2D eigenvalue weighted by Crippen LogP contribution is -2.41. The zero-order chi connectivity index (χ0) is 14.4. The van der Waals surface area contributed by atoms with Gasteiger partial charge in [-0.05, 0) is 12.1 Å². The van der Waals surface area contributed by atoms with Crippen molar-refractivity contribution in [2.45, 2.75) is 6.42 Å². The Morgan fingerprint density at radius 2 is 2.10 bits per heavy atom. The normalized spacial score (nSPS) is 14.8. The number of hydrogen-bond donors (Lipinski definition) is 1. The van der Waals surface area contributed by atoms with Crippen molar-refractivity contribution < 1.29 is 19.1 Å². The standard InChI is InChI=1S/C14H18N2O4/c1-19-12-4-2-3-11(9-12)15-13(17)10-14(18)16-5-7-20-8-6-16/h2-4,9H,5-8,10H2,1H3,(H,15,17). The Morgan fingerprint density at radius 1 is 1.35 bits per heavy atom. The first kappa shape index (κ1) is 14.3. The highest BCUT2D eigenvalue weighted by atomic mass is 16.5. The Labute approximate surface area is 117 Å². The molecule has 0 aliphatic carbocycles. The summed E-state index contributed by atoms with van der Waals surface area (Å²) in [5.74, 6) is 0.158. The van der Waals surface area contributed by atoms with E-state index in [2.05, 4.69) is 5.32 Å². The molecule has 1 aliphatic heterocycles. The Kier molecular flexibility index (Phi) is 4.95. The number of hydrogen-bond acceptors (Lipinski definition) is 4. The molecule has 6 nitrogen and oxygen atoms in total. The average Bonchev–Trinajstić information content (AvgIpc) is 2.48. The molecule has 0 saturated carbocycles. The van der Waals surface area contributed by atoms with Crippen molar-refractivity contribution in [2.75, 3.05) is 38.7 Å². The van der Waals surface area contributed by atoms with Gasteiger partial charge in [0, 0.05) is 24.8 Å². The van der Waals surface area contributed by atoms with Crippen LogP contribution in [0.1, 0.15) is 6.42 Å². The predicted octanol–water partition coefficient (Wildman–Crippen LogP) is 0.883. The summed E-state index contributed by atoms with van der Waals surface area (Å²) >= 11 is 0. The molecular weight excluding hydrogens is 260 g/mol. The van der Waals surface area contributed by atoms with Crippen LogP contribution in [0.15, 0.2) is 24.3 Å². The van der Waals surface area contributed by atoms with Gasteiger partial charge < -0.3 is 19.7 Å². The second-order valence-electron chi connectivity index (χ2n) is 4.45. The van der Waals surface area contributed by atoms with E-state index in [9.17, 15) is 9.59 Å². The van der Waals surface area contributed by atoms with Gasteiger partial charge in [0.25, 0.3) is 0 Å². The van der Waals surface area contributed by atoms with Crippen molar-refractivity contribution in [1.29, 1.82) is 0 Å². The highest BCUT2D eigenvalue weighted by molar-refractivity contribution is 6.03. The third-order valence-corrected chi connectivity index (χ3v) is 3.03. The summed E-state index contributed by atoms with van der Waals surface area (Å²) in [5.41, 5.74) is 0.615. The van der Waals surface area contributed by atoms with Crippen LogP contribution in [0.25, 0.3) is 0 Å². The zero-order valence-electron chi connectivity index (χ0n) is 11.4. The highest BCUT2D eigenvalue weighted by Gasteiger charge is 2.19. The Morgan fingerprint density at radius 3 is 2.80 bits per heavy atom. The van der Waals surface area contributed by atoms with Gasteiger partial charge in [0.05, 0.1) is 20.3 Å². The van der Waals surface area contributed by atoms with Gasteiger partial charge in [-0.1, -0.05) is 6.07 Å². The molecule has 0 unspecified atom stereocenters. The monoisotopic (exact) mass is 278 g/mol. The summed E-state index contributed by atoms with van der Waals surface area (Å²) < 4.78 is 10.2. The fourth-order valence-electron chi connectivity index (χ4n) is 1.97. The molecule has 1 aromatic rings. The molecule has 2 rings (SSSR count). The number of anilines is 1. The summed E-state index contributed by atoms with van der Waals surface area (Å²) in [4.78, 5) is 25.4. The van der Waals surface area contributed by atoms with Crippen molar-refractivity contribution in [2.24, 2.45) is 0 Å². The SMILES string of the molecule is COc1cccc(NC(=O)CC(=O)N2CCOCC2)c1. The van der Waals surface area contributed by atoms with Crippen molar-refractivity contribution in [1.82, 2.24) is 4.90 Å². The maximum atomic E-state index is 11.9. The molecule has 6 heteroatoms. The van der Waals surface area contributed by atoms with E-state index < -0.39 is 0 Å². The molecule has 108 valence electrons. The number of ether oxygens (including phenoxy) is 2. The molecule has 0 spiro atoms. The fraction of sp³-hybridized carbons (Fsp3) is 0.429. The molecule has 1 aliphatic rings. The number of benzene rings is 1. The van der Waals surface area contributed by atoms with Gasteiger partial charge >= 0.3 is 0 Å². The number of methoxy groups -OCH3 is 1. The first-order valence-electron chi connectivity index (χ1n) is 6.48. The van der Waals surface area contributed by atoms with Gasteiger partial charge in [0.2, 0.25) is 11.8 Å². The van der Waals surface area contributed by atoms with Gasteiger partial charge in [-0.3, -0.25) is 9.59 Å². The average molecular weight is 278 g/mol. The lowest BCUT2D eigenvalue weighted by atomic mass is 10.2. The summed E-state index contributed by atoms with van der Waals surface area (Å²) in [5, 5.41) is 2.69. The maximum Gasteiger partial charge on any atom is 0.233 e. The molecule has 0 radical (unpaired) electrons. The van der Waals surface area contributed by atoms with Crippen LogP contribution in [-0.2, 0) is 14.3 Å². The molecule has 1 N–H and O–H groups in total. The molecule has 0 bridgehead atoms. The molecule has 1 heterocycles. The van der Waals surface area contributed by atoms with E-state index in [1.54, 1.807) is 36.3 Å². The summed E-state index contributed by atoms with van der Waals surface area (Å²) in [6.45, 7) is 2.16. The fourth-order valence-corrected chi connectivity index (χ4v) is 1.97. The largest absolute Gasteiger partial charge is 0.497 e. The van der Waals surface area contributed by atoms with Crippen molar-refractivity contribution in [3.8, 4) is 5.75 Å². The van der Waals surface area contributed by atoms with E-state index in [4.69, 9.17) is 9.47 Å². The molecule has 1 aromatic carbocycles. The Bertz CT molecular complexity index is 484. The quantitative estimate of drug-likeness (QED) is 0.830. The van der Waals surface area contributed by atoms with Crippen molar-refractivity contribution in [3.63, 3.8) is 0 Å². The van der Waals surface area contributed by atoms with Gasteiger partial charge in [-0.2, -0.15) is 0 Å². The second-order valence-corrected chi connectivity index (χ2v) is 4.45. The zero-order valence-corrected chi connectivity index (χ0v) is 11.4. The number of amides is 2. The Hall–Kier alpha value is -2.08. The van der Waals surface area contributed by atoms with E-state index in [1.165, 1.54) is 0 Å². The number of nitrogens with one attached hydrogen (secondary N) is 1. The molecule has 1 saturated heterocycles. The van der Waals surface area contributed by atoms with E-state index >= 15 is 0 Å². The summed E-state index contributed by atoms with van der Waals surface area (Å²) in [6.07, 6.45) is -0.156. The number of carbonyl (C=O) groups excluding carboxylic acids is 2. The minimum absolute atomic E-state index is 0.156. The first-order chi connectivity index (χ1) is 9.69. The lowest BCUT2D eigenvalue weighted by Gasteiger charge is -2.26. The predicted molar refractivity (Wildman–Crippen MR) is 73.6 cm³/mol. The second kappa shape index (κ2) is 6.91. The number of morpholine rings is 1. The number of carbonyl (C=O) groups is 2. The highest BCUT2D eigenvalue weighted by Crippen LogP contribution is 2.16. The molecule has 0 aromatic heterocycles. The maximum absolute atomic E-state index is 11.9. The van der Waals surface area contributed by atoms with Crippen molar-refractivity contribution in [3.05, 3.63) is 24.3 Å². The summed E-state index contributed by atoms with van der Waals surface area (Å²) in [7, 11) is 1.56. The van der Waals surface area contributed by atoms with E-state index in [1.807, 2.05) is 0 Å². The van der Waals surface area contributed by atoms with Crippen LogP contribution in [0, 0.1) is 0 Å². The minimum Gasteiger partial charge on any atom is -0.497 e. The summed E-state index contributed by atoms with van der Waals surface area (Å²) in [6, 6.07) is 7.02. The van der Waals surface area contributed by atoms with E-state index in [-0.39, 0.29) is 18.2 Å². The third kappa shape index (κ3) is 3.96. The van der Waals surface area contributed by atoms with E-state index in [0.717, 1.165) is 0 Å². The molecule has 0 atom stereocenters. The topological polar surface area (TPSA) is 67.9 Å². The Balaban J connectivity index is 1.86. The van der Waals surface area contributed by atoms with Crippen LogP contribution in [0.3, 0.4) is 0 Å².